The Kier molecular flexibility index (Phi) is 5.74. The first kappa shape index (κ1) is 20.6. The molecule has 0 bridgehead atoms. The fourth-order valence-electron chi connectivity index (χ4n) is 3.10. The number of likely N-dealkylation sites (N-methyl/N-ethyl adjacent to an activating group) is 1. The molecule has 0 aliphatic carbocycles. The van der Waals surface area contributed by atoms with E-state index in [1.54, 1.807) is 37.5 Å². The SMILES string of the molecule is Cc1c2c(cn1C)N(C)C(=O)C(OC(=O)CCC(=O)O)N=C2c1ccccc1Cl. The van der Waals surface area contributed by atoms with Crippen LogP contribution in [0.4, 0.5) is 5.69 Å². The van der Waals surface area contributed by atoms with Crippen molar-refractivity contribution in [2.75, 3.05) is 11.9 Å². The van der Waals surface area contributed by atoms with Crippen LogP contribution in [-0.2, 0) is 26.2 Å². The van der Waals surface area contributed by atoms with Crippen molar-refractivity contribution in [3.8, 4) is 0 Å². The number of hydrogen-bond acceptors (Lipinski definition) is 5. The van der Waals surface area contributed by atoms with E-state index in [-0.39, 0.29) is 6.42 Å². The normalized spacial score (nSPS) is 16.1. The monoisotopic (exact) mass is 417 g/mol. The molecule has 1 atom stereocenters. The third-order valence-corrected chi connectivity index (χ3v) is 5.09. The van der Waals surface area contributed by atoms with Crippen molar-refractivity contribution in [1.29, 1.82) is 0 Å². The van der Waals surface area contributed by atoms with Crippen LogP contribution in [0.25, 0.3) is 0 Å². The molecule has 0 saturated carbocycles. The summed E-state index contributed by atoms with van der Waals surface area (Å²) in [6.45, 7) is 1.89. The number of aliphatic imine (C=N–C) groups is 1. The number of halogens is 1. The van der Waals surface area contributed by atoms with Gasteiger partial charge >= 0.3 is 11.9 Å². The number of esters is 1. The molecule has 1 aliphatic heterocycles. The van der Waals surface area contributed by atoms with Crippen molar-refractivity contribution >= 4 is 40.8 Å². The van der Waals surface area contributed by atoms with E-state index >= 15 is 0 Å². The molecular weight excluding hydrogens is 398 g/mol. The van der Waals surface area contributed by atoms with Gasteiger partial charge in [-0.1, -0.05) is 29.8 Å². The summed E-state index contributed by atoms with van der Waals surface area (Å²) in [5.74, 6) is -2.48. The highest BCUT2D eigenvalue weighted by atomic mass is 35.5. The lowest BCUT2D eigenvalue weighted by Gasteiger charge is -2.18. The molecule has 2 aromatic rings. The minimum atomic E-state index is -1.44. The van der Waals surface area contributed by atoms with E-state index in [0.717, 1.165) is 5.69 Å². The Bertz CT molecular complexity index is 1030. The van der Waals surface area contributed by atoms with Gasteiger partial charge in [0.15, 0.2) is 0 Å². The fraction of sp³-hybridized carbons (Fsp3) is 0.300. The molecule has 1 N–H and O–H groups in total. The lowest BCUT2D eigenvalue weighted by Crippen LogP contribution is -2.37. The highest BCUT2D eigenvalue weighted by molar-refractivity contribution is 6.36. The maximum absolute atomic E-state index is 12.9. The first-order valence-electron chi connectivity index (χ1n) is 8.88. The molecule has 1 amide bonds. The van der Waals surface area contributed by atoms with Crippen molar-refractivity contribution in [3.63, 3.8) is 0 Å². The van der Waals surface area contributed by atoms with Crippen LogP contribution in [-0.4, -0.2) is 46.5 Å². The summed E-state index contributed by atoms with van der Waals surface area (Å²) < 4.78 is 7.11. The zero-order valence-electron chi connectivity index (χ0n) is 16.2. The number of fused-ring (bicyclic) bond motifs is 1. The summed E-state index contributed by atoms with van der Waals surface area (Å²) in [7, 11) is 3.43. The van der Waals surface area contributed by atoms with Crippen LogP contribution in [0.1, 0.15) is 29.7 Å². The number of ether oxygens (including phenoxy) is 1. The van der Waals surface area contributed by atoms with Gasteiger partial charge in [-0.15, -0.1) is 0 Å². The van der Waals surface area contributed by atoms with Gasteiger partial charge in [-0.2, -0.15) is 0 Å². The number of nitrogens with zero attached hydrogens (tertiary/aromatic N) is 3. The molecule has 0 radical (unpaired) electrons. The van der Waals surface area contributed by atoms with Crippen LogP contribution in [0.3, 0.4) is 0 Å². The molecule has 2 heterocycles. The Morgan fingerprint density at radius 3 is 2.59 bits per heavy atom. The number of anilines is 1. The quantitative estimate of drug-likeness (QED) is 0.753. The summed E-state index contributed by atoms with van der Waals surface area (Å²) in [6, 6.07) is 7.06. The molecular formula is C20H20ClN3O5. The van der Waals surface area contributed by atoms with E-state index in [2.05, 4.69) is 4.99 Å². The third-order valence-electron chi connectivity index (χ3n) is 4.76. The summed E-state index contributed by atoms with van der Waals surface area (Å²) in [5.41, 5.74) is 3.20. The first-order valence-corrected chi connectivity index (χ1v) is 9.26. The summed E-state index contributed by atoms with van der Waals surface area (Å²) in [6.07, 6.45) is -0.391. The molecule has 0 spiro atoms. The summed E-state index contributed by atoms with van der Waals surface area (Å²) in [5, 5.41) is 9.19. The zero-order chi connectivity index (χ0) is 21.3. The average molecular weight is 418 g/mol. The van der Waals surface area contributed by atoms with Crippen molar-refractivity contribution in [2.45, 2.75) is 26.0 Å². The number of aromatic nitrogens is 1. The number of aryl methyl sites for hydroxylation is 1. The van der Waals surface area contributed by atoms with Crippen molar-refractivity contribution in [2.24, 2.45) is 12.0 Å². The molecule has 0 saturated heterocycles. The van der Waals surface area contributed by atoms with E-state index in [1.807, 2.05) is 18.5 Å². The molecule has 1 aromatic heterocycles. The largest absolute Gasteiger partial charge is 0.481 e. The summed E-state index contributed by atoms with van der Waals surface area (Å²) >= 11 is 6.39. The van der Waals surface area contributed by atoms with E-state index in [1.165, 1.54) is 4.90 Å². The zero-order valence-corrected chi connectivity index (χ0v) is 16.9. The van der Waals surface area contributed by atoms with E-state index in [4.69, 9.17) is 21.4 Å². The van der Waals surface area contributed by atoms with Crippen LogP contribution in [0.2, 0.25) is 5.02 Å². The summed E-state index contributed by atoms with van der Waals surface area (Å²) in [4.78, 5) is 41.5. The molecule has 1 aromatic carbocycles. The van der Waals surface area contributed by atoms with Gasteiger partial charge in [-0.3, -0.25) is 14.4 Å². The topological polar surface area (TPSA) is 101 Å². The minimum absolute atomic E-state index is 0.354. The first-order chi connectivity index (χ1) is 13.7. The highest BCUT2D eigenvalue weighted by Gasteiger charge is 2.35. The van der Waals surface area contributed by atoms with Gasteiger partial charge in [0.25, 0.3) is 12.1 Å². The molecule has 29 heavy (non-hydrogen) atoms. The molecule has 152 valence electrons. The predicted molar refractivity (Wildman–Crippen MR) is 107 cm³/mol. The third kappa shape index (κ3) is 4.02. The molecule has 1 unspecified atom stereocenters. The predicted octanol–water partition coefficient (Wildman–Crippen LogP) is 2.53. The van der Waals surface area contributed by atoms with Crippen LogP contribution in [0.15, 0.2) is 35.5 Å². The van der Waals surface area contributed by atoms with Crippen LogP contribution >= 0.6 is 11.6 Å². The van der Waals surface area contributed by atoms with Crippen LogP contribution in [0, 0.1) is 6.92 Å². The number of carbonyl (C=O) groups is 3. The van der Waals surface area contributed by atoms with Gasteiger partial charge in [-0.05, 0) is 13.0 Å². The number of rotatable bonds is 5. The second-order valence-electron chi connectivity index (χ2n) is 6.68. The van der Waals surface area contributed by atoms with Crippen molar-refractivity contribution in [3.05, 3.63) is 52.3 Å². The average Bonchev–Trinajstić information content (AvgIpc) is 2.92. The fourth-order valence-corrected chi connectivity index (χ4v) is 3.33. The van der Waals surface area contributed by atoms with Gasteiger partial charge in [0.1, 0.15) is 0 Å². The molecule has 3 rings (SSSR count). The number of carbonyl (C=O) groups excluding carboxylic acids is 2. The Labute approximate surface area is 172 Å². The van der Waals surface area contributed by atoms with Gasteiger partial charge < -0.3 is 19.3 Å². The molecule has 8 nitrogen and oxygen atoms in total. The molecule has 0 fully saturated rings. The Morgan fingerprint density at radius 2 is 1.93 bits per heavy atom. The Morgan fingerprint density at radius 1 is 1.24 bits per heavy atom. The lowest BCUT2D eigenvalue weighted by atomic mass is 10.0. The van der Waals surface area contributed by atoms with Gasteiger partial charge in [0.05, 0.1) is 24.2 Å². The number of aliphatic carboxylic acids is 1. The Hall–Kier alpha value is -3.13. The van der Waals surface area contributed by atoms with Crippen molar-refractivity contribution < 1.29 is 24.2 Å². The smallest absolute Gasteiger partial charge is 0.308 e. The maximum atomic E-state index is 12.9. The van der Waals surface area contributed by atoms with Crippen LogP contribution in [0.5, 0.6) is 0 Å². The Balaban J connectivity index is 2.11. The number of carboxylic acids is 1. The lowest BCUT2D eigenvalue weighted by molar-refractivity contribution is -0.155. The number of amides is 1. The standard InChI is InChI=1S/C20H20ClN3O5/c1-11-17-14(10-23(11)2)24(3)20(28)19(29-16(27)9-8-15(25)26)22-18(17)12-6-4-5-7-13(12)21/h4-7,10,19H,8-9H2,1-3H3,(H,25,26). The number of hydrogen-bond donors (Lipinski definition) is 1. The van der Waals surface area contributed by atoms with Gasteiger partial charge in [0.2, 0.25) is 0 Å². The minimum Gasteiger partial charge on any atom is -0.481 e. The highest BCUT2D eigenvalue weighted by Crippen LogP contribution is 2.33. The second kappa shape index (κ2) is 8.08. The number of benzene rings is 1. The second-order valence-corrected chi connectivity index (χ2v) is 7.08. The molecule has 1 aliphatic rings. The van der Waals surface area contributed by atoms with E-state index in [0.29, 0.717) is 27.5 Å². The van der Waals surface area contributed by atoms with Gasteiger partial charge in [0, 0.05) is 42.1 Å². The van der Waals surface area contributed by atoms with Crippen LogP contribution < -0.4 is 4.90 Å². The number of carboxylic acid groups (broad SMARTS) is 1. The van der Waals surface area contributed by atoms with Gasteiger partial charge in [-0.25, -0.2) is 4.99 Å². The van der Waals surface area contributed by atoms with E-state index in [9.17, 15) is 14.4 Å². The van der Waals surface area contributed by atoms with E-state index < -0.39 is 30.5 Å². The van der Waals surface area contributed by atoms with Crippen molar-refractivity contribution in [1.82, 2.24) is 4.57 Å². The molecule has 9 heteroatoms. The maximum Gasteiger partial charge on any atom is 0.308 e.